The maximum atomic E-state index is 17.1. The predicted molar refractivity (Wildman–Crippen MR) is 99.9 cm³/mol. The number of rotatable bonds is 2. The molecule has 0 amide bonds. The lowest BCUT2D eigenvalue weighted by Gasteiger charge is -2.62. The maximum Gasteiger partial charge on any atom is 0.190 e. The van der Waals surface area contributed by atoms with Crippen molar-refractivity contribution in [3.63, 3.8) is 0 Å². The largest absolute Gasteiger partial charge is 0.390 e. The molecular formula is C22H29FO5. The Morgan fingerprint density at radius 3 is 2.79 bits per heavy atom. The highest BCUT2D eigenvalue weighted by Crippen LogP contribution is 2.70. The molecule has 0 saturated heterocycles. The zero-order valence-corrected chi connectivity index (χ0v) is 16.2. The van der Waals surface area contributed by atoms with E-state index in [0.29, 0.717) is 0 Å². The summed E-state index contributed by atoms with van der Waals surface area (Å²) in [6.07, 6.45) is -0.755. The number of aliphatic hydroxyl groups excluding tert-OH is 1. The molecule has 0 heterocycles. The van der Waals surface area contributed by atoms with Gasteiger partial charge in [0.1, 0.15) is 12.2 Å². The molecule has 0 aromatic heterocycles. The van der Waals surface area contributed by atoms with Gasteiger partial charge in [-0.05, 0) is 56.5 Å². The van der Waals surface area contributed by atoms with Gasteiger partial charge >= 0.3 is 0 Å². The second-order valence-electron chi connectivity index (χ2n) is 9.34. The van der Waals surface area contributed by atoms with E-state index in [1.165, 1.54) is 26.8 Å². The predicted octanol–water partition coefficient (Wildman–Crippen LogP) is 1.90. The molecule has 6 heteroatoms. The second kappa shape index (κ2) is 5.83. The molecule has 0 radical (unpaired) electrons. The van der Waals surface area contributed by atoms with Crippen LogP contribution >= 0.6 is 0 Å². The SMILES string of the molecule is [2H]C1=C2C([2H])CC3C4C[C@H](C)[C@](O)(C(=O)C([2H])([2H])O)[C@@]4(C)C[C@H](O)[C@]3(F)[C@@]2(C)C=CC1=O. The zero-order valence-electron chi connectivity index (χ0n) is 20.2. The van der Waals surface area contributed by atoms with Crippen LogP contribution in [-0.2, 0) is 9.59 Å². The van der Waals surface area contributed by atoms with Gasteiger partial charge < -0.3 is 15.3 Å². The fraction of sp³-hybridized carbons (Fsp3) is 0.727. The van der Waals surface area contributed by atoms with Crippen molar-refractivity contribution >= 4 is 11.6 Å². The fourth-order valence-electron chi connectivity index (χ4n) is 6.78. The fourth-order valence-corrected chi connectivity index (χ4v) is 6.78. The molecule has 4 rings (SSSR count). The van der Waals surface area contributed by atoms with Crippen LogP contribution in [0.15, 0.2) is 23.8 Å². The molecule has 3 unspecified atom stereocenters. The van der Waals surface area contributed by atoms with Gasteiger partial charge in [0.2, 0.25) is 0 Å². The summed E-state index contributed by atoms with van der Waals surface area (Å²) >= 11 is 0. The van der Waals surface area contributed by atoms with Crippen molar-refractivity contribution in [3.05, 3.63) is 23.8 Å². The molecule has 0 aliphatic heterocycles. The lowest BCUT2D eigenvalue weighted by Crippen LogP contribution is -2.69. The number of carbonyl (C=O) groups excluding carboxylic acids is 2. The summed E-state index contributed by atoms with van der Waals surface area (Å²) in [6.45, 7) is 1.21. The smallest absolute Gasteiger partial charge is 0.190 e. The van der Waals surface area contributed by atoms with Crippen LogP contribution < -0.4 is 0 Å². The van der Waals surface area contributed by atoms with E-state index in [9.17, 15) is 24.9 Å². The monoisotopic (exact) mass is 396 g/mol. The summed E-state index contributed by atoms with van der Waals surface area (Å²) in [4.78, 5) is 25.0. The van der Waals surface area contributed by atoms with E-state index in [1.54, 1.807) is 0 Å². The van der Waals surface area contributed by atoms with Crippen LogP contribution in [0.3, 0.4) is 0 Å². The minimum Gasteiger partial charge on any atom is -0.390 e. The Hall–Kier alpha value is -1.37. The third-order valence-corrected chi connectivity index (χ3v) is 8.34. The molecule has 4 aliphatic rings. The average Bonchev–Trinajstić information content (AvgIpc) is 2.87. The minimum absolute atomic E-state index is 0.0236. The molecule has 9 atom stereocenters. The highest BCUT2D eigenvalue weighted by Gasteiger charge is 2.75. The molecule has 3 N–H and O–H groups in total. The molecule has 3 saturated carbocycles. The van der Waals surface area contributed by atoms with Gasteiger partial charge in [0.05, 0.1) is 10.2 Å². The van der Waals surface area contributed by atoms with E-state index in [1.807, 2.05) is 0 Å². The van der Waals surface area contributed by atoms with E-state index >= 15 is 4.39 Å². The van der Waals surface area contributed by atoms with Gasteiger partial charge in [0, 0.05) is 18.1 Å². The molecule has 0 spiro atoms. The normalized spacial score (nSPS) is 58.1. The van der Waals surface area contributed by atoms with Gasteiger partial charge in [-0.2, -0.15) is 0 Å². The van der Waals surface area contributed by atoms with Crippen molar-refractivity contribution in [2.75, 3.05) is 6.56 Å². The minimum atomic E-state index is -3.31. The standard InChI is InChI=1S/C22H29FO5/c1-12-8-16-15-5-4-13-9-14(25)6-7-19(13,2)21(15,23)17(26)10-20(16,3)22(12,28)18(27)11-24/h6-7,9,12,15-17,24,26,28H,4-5,8,10-11H2,1-3H3/t12-,15?,16?,17-,19-,20-,21-,22-/m0/s1/i4D,9D,11D2/t4?,12-,15?,16?,17-,19-,20-,21-,22-. The van der Waals surface area contributed by atoms with Crippen molar-refractivity contribution in [3.8, 4) is 0 Å². The van der Waals surface area contributed by atoms with Gasteiger partial charge in [-0.3, -0.25) is 9.59 Å². The number of halogens is 1. The summed E-state index contributed by atoms with van der Waals surface area (Å²) in [5.41, 5.74) is -7.72. The van der Waals surface area contributed by atoms with Crippen LogP contribution in [0.5, 0.6) is 0 Å². The Kier molecular flexibility index (Phi) is 3.22. The molecule has 4 aliphatic carbocycles. The molecule has 0 aromatic rings. The number of carbonyl (C=O) groups is 2. The topological polar surface area (TPSA) is 94.8 Å². The average molecular weight is 396 g/mol. The van der Waals surface area contributed by atoms with Gasteiger partial charge in [-0.1, -0.05) is 25.5 Å². The number of alkyl halides is 1. The molecular weight excluding hydrogens is 363 g/mol. The van der Waals surface area contributed by atoms with Crippen LogP contribution in [0.25, 0.3) is 0 Å². The highest BCUT2D eigenvalue weighted by atomic mass is 19.1. The first-order chi connectivity index (χ1) is 14.5. The lowest BCUT2D eigenvalue weighted by atomic mass is 9.44. The van der Waals surface area contributed by atoms with Crippen molar-refractivity contribution in [1.29, 1.82) is 0 Å². The summed E-state index contributed by atoms with van der Waals surface area (Å²) in [5.74, 6) is -4.55. The number of Topliss-reactive ketones (excluding diaryl/α,β-unsaturated/α-hetero) is 1. The highest BCUT2D eigenvalue weighted by molar-refractivity contribution is 6.01. The van der Waals surface area contributed by atoms with Crippen LogP contribution in [0.4, 0.5) is 4.39 Å². The second-order valence-corrected chi connectivity index (χ2v) is 9.34. The first-order valence-electron chi connectivity index (χ1n) is 11.8. The van der Waals surface area contributed by atoms with E-state index in [4.69, 9.17) is 5.48 Å². The van der Waals surface area contributed by atoms with E-state index in [2.05, 4.69) is 0 Å². The molecule has 5 nitrogen and oxygen atoms in total. The van der Waals surface area contributed by atoms with E-state index < -0.39 is 76.5 Å². The lowest BCUT2D eigenvalue weighted by molar-refractivity contribution is -0.219. The van der Waals surface area contributed by atoms with Gasteiger partial charge in [-0.25, -0.2) is 4.39 Å². The molecule has 0 aromatic carbocycles. The summed E-state index contributed by atoms with van der Waals surface area (Å²) < 4.78 is 48.9. The quantitative estimate of drug-likeness (QED) is 0.663. The summed E-state index contributed by atoms with van der Waals surface area (Å²) in [7, 11) is 0. The number of aliphatic hydroxyl groups is 3. The third-order valence-electron chi connectivity index (χ3n) is 8.34. The van der Waals surface area contributed by atoms with Gasteiger partial charge in [0.15, 0.2) is 17.2 Å². The van der Waals surface area contributed by atoms with Crippen LogP contribution in [0.2, 0.25) is 0 Å². The number of fused-ring (bicyclic) bond motifs is 5. The van der Waals surface area contributed by atoms with E-state index in [0.717, 1.165) is 6.08 Å². The number of hydrogen-bond acceptors (Lipinski definition) is 5. The van der Waals surface area contributed by atoms with Crippen LogP contribution in [0.1, 0.15) is 51.9 Å². The third kappa shape index (κ3) is 2.01. The first-order valence-corrected chi connectivity index (χ1v) is 9.71. The van der Waals surface area contributed by atoms with Crippen molar-refractivity contribution in [1.82, 2.24) is 0 Å². The number of hydrogen-bond donors (Lipinski definition) is 3. The molecule has 28 heavy (non-hydrogen) atoms. The molecule has 0 bridgehead atoms. The van der Waals surface area contributed by atoms with Crippen molar-refractivity contribution in [2.45, 2.75) is 63.8 Å². The summed E-state index contributed by atoms with van der Waals surface area (Å²) in [5, 5.41) is 32.5. The number of ketones is 2. The van der Waals surface area contributed by atoms with Crippen LogP contribution in [-0.4, -0.2) is 50.8 Å². The Balaban J connectivity index is 1.89. The first kappa shape index (κ1) is 15.5. The van der Waals surface area contributed by atoms with Crippen molar-refractivity contribution in [2.24, 2.45) is 28.6 Å². The molecule has 3 fully saturated rings. The van der Waals surface area contributed by atoms with Crippen molar-refractivity contribution < 1.29 is 34.8 Å². The van der Waals surface area contributed by atoms with E-state index in [-0.39, 0.29) is 24.8 Å². The Morgan fingerprint density at radius 1 is 1.46 bits per heavy atom. The Labute approximate surface area is 169 Å². The Morgan fingerprint density at radius 2 is 2.14 bits per heavy atom. The van der Waals surface area contributed by atoms with Gasteiger partial charge in [-0.15, -0.1) is 0 Å². The zero-order chi connectivity index (χ0) is 24.2. The number of allylic oxidation sites excluding steroid dienone is 4. The van der Waals surface area contributed by atoms with Crippen LogP contribution in [0, 0.1) is 28.6 Å². The van der Waals surface area contributed by atoms with Gasteiger partial charge in [0.25, 0.3) is 0 Å². The molecule has 154 valence electrons. The maximum absolute atomic E-state index is 17.1. The Bertz CT molecular complexity index is 962. The summed E-state index contributed by atoms with van der Waals surface area (Å²) in [6, 6.07) is -0.439.